The van der Waals surface area contributed by atoms with Gasteiger partial charge in [-0.15, -0.1) is 0 Å². The van der Waals surface area contributed by atoms with Crippen molar-refractivity contribution in [3.63, 3.8) is 0 Å². The fourth-order valence-electron chi connectivity index (χ4n) is 2.23. The third kappa shape index (κ3) is 4.75. The van der Waals surface area contributed by atoms with Crippen molar-refractivity contribution in [1.29, 1.82) is 0 Å². The molecule has 0 heterocycles. The van der Waals surface area contributed by atoms with Gasteiger partial charge in [0.25, 0.3) is 0 Å². The molecule has 0 bridgehead atoms. The number of carbonyl (C=O) groups is 2. The van der Waals surface area contributed by atoms with Crippen LogP contribution in [0.1, 0.15) is 41.0 Å². The molecule has 2 rings (SSSR count). The highest BCUT2D eigenvalue weighted by molar-refractivity contribution is 5.95. The number of ether oxygens (including phenoxy) is 4. The van der Waals surface area contributed by atoms with Crippen molar-refractivity contribution in [2.24, 2.45) is 0 Å². The zero-order valence-electron chi connectivity index (χ0n) is 15.1. The lowest BCUT2D eigenvalue weighted by atomic mass is 10.2. The fraction of sp³-hybridized carbons (Fsp3) is 0.300. The van der Waals surface area contributed by atoms with Gasteiger partial charge in [0.1, 0.15) is 11.3 Å². The second kappa shape index (κ2) is 9.46. The van der Waals surface area contributed by atoms with Crippen LogP contribution >= 0.6 is 0 Å². The molecule has 0 N–H and O–H groups in total. The van der Waals surface area contributed by atoms with Crippen LogP contribution in [0.25, 0.3) is 0 Å². The third-order valence-corrected chi connectivity index (χ3v) is 3.45. The van der Waals surface area contributed by atoms with Gasteiger partial charge in [-0.05, 0) is 43.7 Å². The summed E-state index contributed by atoms with van der Waals surface area (Å²) in [5, 5.41) is 0. The van der Waals surface area contributed by atoms with E-state index in [1.165, 1.54) is 25.3 Å². The SMILES string of the molecule is CCCOC(=O)c1ccc(OC(=O)c2ccccc2OCC)c(OC)c1. The van der Waals surface area contributed by atoms with E-state index in [0.717, 1.165) is 6.42 Å². The Labute approximate surface area is 152 Å². The summed E-state index contributed by atoms with van der Waals surface area (Å²) in [6, 6.07) is 11.3. The number of methoxy groups -OCH3 is 1. The second-order valence-corrected chi connectivity index (χ2v) is 5.32. The molecule has 0 radical (unpaired) electrons. The molecule has 0 aliphatic heterocycles. The van der Waals surface area contributed by atoms with Crippen molar-refractivity contribution in [2.45, 2.75) is 20.3 Å². The molecular weight excluding hydrogens is 336 g/mol. The Balaban J connectivity index is 2.21. The van der Waals surface area contributed by atoms with E-state index in [9.17, 15) is 9.59 Å². The van der Waals surface area contributed by atoms with Crippen LogP contribution in [0.5, 0.6) is 17.2 Å². The molecule has 0 saturated carbocycles. The summed E-state index contributed by atoms with van der Waals surface area (Å²) >= 11 is 0. The molecule has 0 atom stereocenters. The standard InChI is InChI=1S/C20H22O6/c1-4-12-25-19(21)14-10-11-17(18(13-14)23-3)26-20(22)15-8-6-7-9-16(15)24-5-2/h6-11,13H,4-5,12H2,1-3H3. The van der Waals surface area contributed by atoms with Gasteiger partial charge in [0.05, 0.1) is 25.9 Å². The lowest BCUT2D eigenvalue weighted by Crippen LogP contribution is -2.12. The fourth-order valence-corrected chi connectivity index (χ4v) is 2.23. The van der Waals surface area contributed by atoms with Crippen molar-refractivity contribution in [3.8, 4) is 17.2 Å². The minimum absolute atomic E-state index is 0.204. The first-order valence-corrected chi connectivity index (χ1v) is 8.39. The van der Waals surface area contributed by atoms with Gasteiger partial charge in [-0.1, -0.05) is 19.1 Å². The third-order valence-electron chi connectivity index (χ3n) is 3.45. The average molecular weight is 358 g/mol. The van der Waals surface area contributed by atoms with Crippen molar-refractivity contribution in [1.82, 2.24) is 0 Å². The second-order valence-electron chi connectivity index (χ2n) is 5.32. The summed E-state index contributed by atoms with van der Waals surface area (Å²) in [7, 11) is 1.43. The molecular formula is C20H22O6. The number of benzene rings is 2. The summed E-state index contributed by atoms with van der Waals surface area (Å²) < 4.78 is 21.2. The van der Waals surface area contributed by atoms with Crippen LogP contribution in [0.4, 0.5) is 0 Å². The van der Waals surface area contributed by atoms with Crippen LogP contribution in [0.2, 0.25) is 0 Å². The largest absolute Gasteiger partial charge is 0.493 e. The number of rotatable bonds is 8. The average Bonchev–Trinajstić information content (AvgIpc) is 2.67. The van der Waals surface area contributed by atoms with Gasteiger partial charge in [0.2, 0.25) is 0 Å². The maximum absolute atomic E-state index is 12.5. The Bertz CT molecular complexity index is 769. The molecule has 0 unspecified atom stereocenters. The molecule has 138 valence electrons. The number of hydrogen-bond acceptors (Lipinski definition) is 6. The summed E-state index contributed by atoms with van der Waals surface area (Å²) in [4.78, 5) is 24.4. The Morgan fingerprint density at radius 3 is 2.38 bits per heavy atom. The molecule has 2 aromatic carbocycles. The lowest BCUT2D eigenvalue weighted by molar-refractivity contribution is 0.0504. The Kier molecular flexibility index (Phi) is 7.02. The van der Waals surface area contributed by atoms with Gasteiger partial charge in [-0.3, -0.25) is 0 Å². The van der Waals surface area contributed by atoms with E-state index in [0.29, 0.717) is 30.1 Å². The Morgan fingerprint density at radius 2 is 1.69 bits per heavy atom. The van der Waals surface area contributed by atoms with Crippen LogP contribution in [0, 0.1) is 0 Å². The van der Waals surface area contributed by atoms with Gasteiger partial charge in [-0.25, -0.2) is 9.59 Å². The number of esters is 2. The minimum Gasteiger partial charge on any atom is -0.493 e. The van der Waals surface area contributed by atoms with E-state index < -0.39 is 11.9 Å². The molecule has 6 heteroatoms. The van der Waals surface area contributed by atoms with Crippen LogP contribution in [0.3, 0.4) is 0 Å². The molecule has 0 aromatic heterocycles. The van der Waals surface area contributed by atoms with Gasteiger partial charge in [0.15, 0.2) is 11.5 Å². The molecule has 0 saturated heterocycles. The minimum atomic E-state index is -0.575. The molecule has 0 fully saturated rings. The van der Waals surface area contributed by atoms with Gasteiger partial charge in [0, 0.05) is 0 Å². The topological polar surface area (TPSA) is 71.1 Å². The first-order valence-electron chi connectivity index (χ1n) is 8.39. The molecule has 0 aliphatic rings. The molecule has 0 aliphatic carbocycles. The highest BCUT2D eigenvalue weighted by Gasteiger charge is 2.18. The summed E-state index contributed by atoms with van der Waals surface area (Å²) in [5.41, 5.74) is 0.632. The van der Waals surface area contributed by atoms with Gasteiger partial charge >= 0.3 is 11.9 Å². The highest BCUT2D eigenvalue weighted by Crippen LogP contribution is 2.30. The number of hydrogen-bond donors (Lipinski definition) is 0. The van der Waals surface area contributed by atoms with Gasteiger partial charge in [-0.2, -0.15) is 0 Å². The Hall–Kier alpha value is -3.02. The summed E-state index contributed by atoms with van der Waals surface area (Å²) in [6.07, 6.45) is 0.734. The normalized spacial score (nSPS) is 10.1. The van der Waals surface area contributed by atoms with Crippen molar-refractivity contribution >= 4 is 11.9 Å². The maximum Gasteiger partial charge on any atom is 0.347 e. The molecule has 0 amide bonds. The molecule has 0 spiro atoms. The van der Waals surface area contributed by atoms with Crippen LogP contribution in [-0.2, 0) is 4.74 Å². The van der Waals surface area contributed by atoms with E-state index in [4.69, 9.17) is 18.9 Å². The maximum atomic E-state index is 12.5. The zero-order valence-corrected chi connectivity index (χ0v) is 15.1. The monoisotopic (exact) mass is 358 g/mol. The number of para-hydroxylation sites is 1. The summed E-state index contributed by atoms with van der Waals surface area (Å²) in [5.74, 6) is -0.119. The van der Waals surface area contributed by atoms with Gasteiger partial charge < -0.3 is 18.9 Å². The van der Waals surface area contributed by atoms with Crippen molar-refractivity contribution in [2.75, 3.05) is 20.3 Å². The van der Waals surface area contributed by atoms with E-state index in [1.54, 1.807) is 24.3 Å². The van der Waals surface area contributed by atoms with Crippen LogP contribution in [0.15, 0.2) is 42.5 Å². The van der Waals surface area contributed by atoms with Crippen LogP contribution in [-0.4, -0.2) is 32.3 Å². The first kappa shape index (κ1) is 19.3. The lowest BCUT2D eigenvalue weighted by Gasteiger charge is -2.12. The van der Waals surface area contributed by atoms with Crippen molar-refractivity contribution < 1.29 is 28.5 Å². The molecule has 6 nitrogen and oxygen atoms in total. The smallest absolute Gasteiger partial charge is 0.347 e. The summed E-state index contributed by atoms with van der Waals surface area (Å²) in [6.45, 7) is 4.52. The highest BCUT2D eigenvalue weighted by atomic mass is 16.6. The quantitative estimate of drug-likeness (QED) is 0.527. The first-order chi connectivity index (χ1) is 12.6. The molecule has 26 heavy (non-hydrogen) atoms. The van der Waals surface area contributed by atoms with E-state index in [-0.39, 0.29) is 11.5 Å². The molecule has 2 aromatic rings. The van der Waals surface area contributed by atoms with Crippen molar-refractivity contribution in [3.05, 3.63) is 53.6 Å². The number of carbonyl (C=O) groups excluding carboxylic acids is 2. The Morgan fingerprint density at radius 1 is 0.923 bits per heavy atom. The van der Waals surface area contributed by atoms with Crippen LogP contribution < -0.4 is 14.2 Å². The van der Waals surface area contributed by atoms with E-state index in [2.05, 4.69) is 0 Å². The zero-order chi connectivity index (χ0) is 18.9. The predicted molar refractivity (Wildman–Crippen MR) is 96.1 cm³/mol. The van der Waals surface area contributed by atoms with E-state index >= 15 is 0 Å². The van der Waals surface area contributed by atoms with E-state index in [1.807, 2.05) is 13.8 Å². The predicted octanol–water partition coefficient (Wildman–Crippen LogP) is 3.88.